The fourth-order valence-electron chi connectivity index (χ4n) is 2.14. The van der Waals surface area contributed by atoms with Gasteiger partial charge in [-0.05, 0) is 36.2 Å². The highest BCUT2D eigenvalue weighted by Gasteiger charge is 2.17. The molecule has 0 aromatic heterocycles. The van der Waals surface area contributed by atoms with Gasteiger partial charge in [-0.25, -0.2) is 17.9 Å². The number of carbonyl (C=O) groups is 1. The van der Waals surface area contributed by atoms with E-state index in [1.165, 1.54) is 31.4 Å². The molecular weight excluding hydrogens is 330 g/mol. The molecule has 128 valence electrons. The number of aliphatic hydroxyl groups is 1. The molecule has 2 aromatic rings. The molecule has 0 saturated carbocycles. The van der Waals surface area contributed by atoms with Crippen molar-refractivity contribution >= 4 is 16.0 Å². The summed E-state index contributed by atoms with van der Waals surface area (Å²) in [6.07, 6.45) is -0.485. The number of aliphatic hydroxyl groups excluding tert-OH is 1. The summed E-state index contributed by atoms with van der Waals surface area (Å²) in [5, 5.41) is 9.97. The molecule has 0 fully saturated rings. The number of sulfonamides is 1. The fourth-order valence-corrected chi connectivity index (χ4v) is 3.21. The van der Waals surface area contributed by atoms with Gasteiger partial charge in [-0.1, -0.05) is 30.3 Å². The maximum Gasteiger partial charge on any atom is 0.337 e. The van der Waals surface area contributed by atoms with Crippen LogP contribution in [0.2, 0.25) is 0 Å². The van der Waals surface area contributed by atoms with E-state index in [0.717, 1.165) is 5.56 Å². The first-order valence-electron chi connectivity index (χ1n) is 7.32. The molecule has 0 saturated heterocycles. The number of esters is 1. The Labute approximate surface area is 141 Å². The first kappa shape index (κ1) is 18.1. The molecule has 1 unspecified atom stereocenters. The van der Waals surface area contributed by atoms with E-state index in [9.17, 15) is 18.3 Å². The SMILES string of the molecule is COC(=O)c1ccc(S(=O)(=O)NCC(O)Cc2ccccc2)cc1. The van der Waals surface area contributed by atoms with Gasteiger partial charge in [-0.3, -0.25) is 0 Å². The van der Waals surface area contributed by atoms with Gasteiger partial charge < -0.3 is 9.84 Å². The van der Waals surface area contributed by atoms with Crippen molar-refractivity contribution in [3.63, 3.8) is 0 Å². The number of rotatable bonds is 7. The predicted octanol–water partition coefficient (Wildman–Crippen LogP) is 1.36. The average molecular weight is 349 g/mol. The van der Waals surface area contributed by atoms with Gasteiger partial charge in [-0.2, -0.15) is 0 Å². The van der Waals surface area contributed by atoms with E-state index < -0.39 is 22.1 Å². The zero-order valence-electron chi connectivity index (χ0n) is 13.2. The quantitative estimate of drug-likeness (QED) is 0.736. The minimum absolute atomic E-state index is 0.0158. The first-order chi connectivity index (χ1) is 11.4. The second-order valence-corrected chi connectivity index (χ2v) is 6.98. The Morgan fingerprint density at radius 2 is 1.75 bits per heavy atom. The van der Waals surface area contributed by atoms with Crippen molar-refractivity contribution in [3.05, 3.63) is 65.7 Å². The van der Waals surface area contributed by atoms with Gasteiger partial charge in [0.2, 0.25) is 10.0 Å². The lowest BCUT2D eigenvalue weighted by molar-refractivity contribution is 0.0600. The van der Waals surface area contributed by atoms with Crippen LogP contribution in [0, 0.1) is 0 Å². The second kappa shape index (κ2) is 8.05. The third kappa shape index (κ3) is 4.89. The average Bonchev–Trinajstić information content (AvgIpc) is 2.60. The van der Waals surface area contributed by atoms with Crippen LogP contribution in [0.4, 0.5) is 0 Å². The van der Waals surface area contributed by atoms with Crippen molar-refractivity contribution in [1.82, 2.24) is 4.72 Å². The third-order valence-electron chi connectivity index (χ3n) is 3.41. The van der Waals surface area contributed by atoms with Crippen LogP contribution in [0.3, 0.4) is 0 Å². The van der Waals surface area contributed by atoms with E-state index in [2.05, 4.69) is 9.46 Å². The lowest BCUT2D eigenvalue weighted by atomic mass is 10.1. The van der Waals surface area contributed by atoms with E-state index in [1.54, 1.807) is 0 Å². The molecule has 2 N–H and O–H groups in total. The molecule has 0 amide bonds. The van der Waals surface area contributed by atoms with E-state index in [-0.39, 0.29) is 17.0 Å². The normalized spacial score (nSPS) is 12.6. The zero-order valence-corrected chi connectivity index (χ0v) is 14.0. The van der Waals surface area contributed by atoms with Crippen LogP contribution in [0.25, 0.3) is 0 Å². The summed E-state index contributed by atoms with van der Waals surface area (Å²) < 4.78 is 31.3. The van der Waals surface area contributed by atoms with Crippen LogP contribution in [-0.2, 0) is 21.2 Å². The maximum absolute atomic E-state index is 12.2. The molecular formula is C17H19NO5S. The van der Waals surface area contributed by atoms with Crippen molar-refractivity contribution < 1.29 is 23.1 Å². The Hall–Kier alpha value is -2.22. The molecule has 7 heteroatoms. The molecule has 0 aliphatic heterocycles. The van der Waals surface area contributed by atoms with E-state index >= 15 is 0 Å². The summed E-state index contributed by atoms with van der Waals surface area (Å²) in [7, 11) is -2.51. The van der Waals surface area contributed by atoms with E-state index in [0.29, 0.717) is 6.42 Å². The van der Waals surface area contributed by atoms with Gasteiger partial charge >= 0.3 is 5.97 Å². The number of benzene rings is 2. The van der Waals surface area contributed by atoms with Crippen molar-refractivity contribution in [2.75, 3.05) is 13.7 Å². The first-order valence-corrected chi connectivity index (χ1v) is 8.81. The Morgan fingerprint density at radius 3 is 2.33 bits per heavy atom. The maximum atomic E-state index is 12.2. The number of hydrogen-bond donors (Lipinski definition) is 2. The number of ether oxygens (including phenoxy) is 1. The summed E-state index contributed by atoms with van der Waals surface area (Å²) in [6.45, 7) is -0.101. The highest BCUT2D eigenvalue weighted by molar-refractivity contribution is 7.89. The predicted molar refractivity (Wildman–Crippen MR) is 89.1 cm³/mol. The van der Waals surface area contributed by atoms with Crippen molar-refractivity contribution in [2.24, 2.45) is 0 Å². The van der Waals surface area contributed by atoms with Gasteiger partial charge in [0.05, 0.1) is 23.7 Å². The molecule has 0 aliphatic rings. The minimum Gasteiger partial charge on any atom is -0.465 e. The van der Waals surface area contributed by atoms with Gasteiger partial charge in [0.25, 0.3) is 0 Å². The van der Waals surface area contributed by atoms with Crippen molar-refractivity contribution in [3.8, 4) is 0 Å². The van der Waals surface area contributed by atoms with Crippen molar-refractivity contribution in [2.45, 2.75) is 17.4 Å². The molecule has 0 bridgehead atoms. The van der Waals surface area contributed by atoms with E-state index in [4.69, 9.17) is 0 Å². The Kier molecular flexibility index (Phi) is 6.08. The summed E-state index contributed by atoms with van der Waals surface area (Å²) in [5.41, 5.74) is 1.19. The van der Waals surface area contributed by atoms with Gasteiger partial charge in [-0.15, -0.1) is 0 Å². The summed E-state index contributed by atoms with van der Waals surface area (Å²) in [6, 6.07) is 14.7. The van der Waals surface area contributed by atoms with Crippen LogP contribution < -0.4 is 4.72 Å². The molecule has 2 rings (SSSR count). The lowest BCUT2D eigenvalue weighted by Crippen LogP contribution is -2.33. The lowest BCUT2D eigenvalue weighted by Gasteiger charge is -2.12. The molecule has 0 radical (unpaired) electrons. The highest BCUT2D eigenvalue weighted by Crippen LogP contribution is 2.11. The Balaban J connectivity index is 1.96. The summed E-state index contributed by atoms with van der Waals surface area (Å²) >= 11 is 0. The largest absolute Gasteiger partial charge is 0.465 e. The van der Waals surface area contributed by atoms with Crippen LogP contribution in [0.1, 0.15) is 15.9 Å². The molecule has 0 aliphatic carbocycles. The molecule has 1 atom stereocenters. The molecule has 2 aromatic carbocycles. The number of hydrogen-bond acceptors (Lipinski definition) is 5. The Morgan fingerprint density at radius 1 is 1.12 bits per heavy atom. The minimum atomic E-state index is -3.76. The van der Waals surface area contributed by atoms with Crippen molar-refractivity contribution in [1.29, 1.82) is 0 Å². The number of nitrogens with one attached hydrogen (secondary N) is 1. The topological polar surface area (TPSA) is 92.7 Å². The smallest absolute Gasteiger partial charge is 0.337 e. The number of methoxy groups -OCH3 is 1. The highest BCUT2D eigenvalue weighted by atomic mass is 32.2. The van der Waals surface area contributed by atoms with E-state index in [1.807, 2.05) is 30.3 Å². The van der Waals surface area contributed by atoms with Crippen LogP contribution >= 0.6 is 0 Å². The standard InChI is InChI=1S/C17H19NO5S/c1-23-17(20)14-7-9-16(10-8-14)24(21,22)18-12-15(19)11-13-5-3-2-4-6-13/h2-10,15,18-19H,11-12H2,1H3. The Bertz CT molecular complexity index is 772. The fraction of sp³-hybridized carbons (Fsp3) is 0.235. The van der Waals surface area contributed by atoms with Gasteiger partial charge in [0, 0.05) is 6.54 Å². The monoisotopic (exact) mass is 349 g/mol. The molecule has 6 nitrogen and oxygen atoms in total. The molecule has 24 heavy (non-hydrogen) atoms. The second-order valence-electron chi connectivity index (χ2n) is 5.21. The zero-order chi connectivity index (χ0) is 17.6. The molecule has 0 heterocycles. The third-order valence-corrected chi connectivity index (χ3v) is 4.85. The molecule has 0 spiro atoms. The summed E-state index contributed by atoms with van der Waals surface area (Å²) in [5.74, 6) is -0.537. The number of carbonyl (C=O) groups excluding carboxylic acids is 1. The van der Waals surface area contributed by atoms with Gasteiger partial charge in [0.1, 0.15) is 0 Å². The summed E-state index contributed by atoms with van der Waals surface area (Å²) in [4.78, 5) is 11.4. The van der Waals surface area contributed by atoms with Crippen LogP contribution in [-0.4, -0.2) is 39.3 Å². The van der Waals surface area contributed by atoms with Gasteiger partial charge in [0.15, 0.2) is 0 Å². The van der Waals surface area contributed by atoms with Crippen LogP contribution in [0.15, 0.2) is 59.5 Å². The van der Waals surface area contributed by atoms with Crippen LogP contribution in [0.5, 0.6) is 0 Å².